The van der Waals surface area contributed by atoms with Gasteiger partial charge in [-0.05, 0) is 30.7 Å². The fourth-order valence-corrected chi connectivity index (χ4v) is 4.40. The second-order valence-corrected chi connectivity index (χ2v) is 7.88. The lowest BCUT2D eigenvalue weighted by Crippen LogP contribution is -2.34. The predicted octanol–water partition coefficient (Wildman–Crippen LogP) is 3.02. The van der Waals surface area contributed by atoms with E-state index in [1.54, 1.807) is 34.9 Å². The van der Waals surface area contributed by atoms with Crippen LogP contribution in [0.5, 0.6) is 0 Å². The standard InChI is InChI=1S/C19H23N3O3S/c1-2-3-13-22(26(24,25)16-9-5-4-6-10-16)19-20-17-11-7-8-12-18(17)21(19)14-15-23/h4-12,23H,2-3,13-15H2,1H3. The Morgan fingerprint density at radius 3 is 2.46 bits per heavy atom. The van der Waals surface area contributed by atoms with Gasteiger partial charge in [0.15, 0.2) is 0 Å². The molecule has 0 radical (unpaired) electrons. The summed E-state index contributed by atoms with van der Waals surface area (Å²) < 4.78 is 29.7. The van der Waals surface area contributed by atoms with Crippen molar-refractivity contribution < 1.29 is 13.5 Å². The minimum absolute atomic E-state index is 0.0969. The number of hydrogen-bond donors (Lipinski definition) is 1. The molecule has 0 atom stereocenters. The molecule has 0 aliphatic rings. The van der Waals surface area contributed by atoms with Crippen LogP contribution in [0.4, 0.5) is 5.95 Å². The molecule has 1 heterocycles. The molecule has 3 aromatic rings. The average molecular weight is 373 g/mol. The quantitative estimate of drug-likeness (QED) is 0.658. The largest absolute Gasteiger partial charge is 0.395 e. The molecule has 0 bridgehead atoms. The molecule has 26 heavy (non-hydrogen) atoms. The maximum Gasteiger partial charge on any atom is 0.266 e. The van der Waals surface area contributed by atoms with E-state index in [0.717, 1.165) is 11.9 Å². The molecule has 1 aromatic heterocycles. The van der Waals surface area contributed by atoms with Gasteiger partial charge >= 0.3 is 0 Å². The van der Waals surface area contributed by atoms with Crippen molar-refractivity contribution in [2.75, 3.05) is 17.5 Å². The first-order chi connectivity index (χ1) is 12.6. The van der Waals surface area contributed by atoms with Crippen LogP contribution in [0.25, 0.3) is 11.0 Å². The summed E-state index contributed by atoms with van der Waals surface area (Å²) in [5.41, 5.74) is 1.52. The molecule has 6 nitrogen and oxygen atoms in total. The van der Waals surface area contributed by atoms with Crippen LogP contribution in [0.15, 0.2) is 59.5 Å². The number of aliphatic hydroxyl groups excluding tert-OH is 1. The monoisotopic (exact) mass is 373 g/mol. The SMILES string of the molecule is CCCCN(c1nc2ccccc2n1CCO)S(=O)(=O)c1ccccc1. The molecule has 0 aliphatic heterocycles. The molecule has 7 heteroatoms. The third kappa shape index (κ3) is 3.45. The molecular weight excluding hydrogens is 350 g/mol. The Hall–Kier alpha value is -2.38. The van der Waals surface area contributed by atoms with Crippen LogP contribution in [0, 0.1) is 0 Å². The number of hydrogen-bond acceptors (Lipinski definition) is 4. The number of fused-ring (bicyclic) bond motifs is 1. The summed E-state index contributed by atoms with van der Waals surface area (Å²) in [6.07, 6.45) is 1.58. The Bertz CT molecular complexity index is 968. The van der Waals surface area contributed by atoms with Crippen LogP contribution < -0.4 is 4.31 Å². The first-order valence-corrected chi connectivity index (χ1v) is 10.2. The van der Waals surface area contributed by atoms with Crippen molar-refractivity contribution in [3.05, 3.63) is 54.6 Å². The van der Waals surface area contributed by atoms with E-state index in [1.807, 2.05) is 31.2 Å². The summed E-state index contributed by atoms with van der Waals surface area (Å²) in [6, 6.07) is 15.9. The van der Waals surface area contributed by atoms with E-state index in [0.29, 0.717) is 24.4 Å². The highest BCUT2D eigenvalue weighted by Gasteiger charge is 2.29. The number of aliphatic hydroxyl groups is 1. The van der Waals surface area contributed by atoms with E-state index in [-0.39, 0.29) is 18.0 Å². The van der Waals surface area contributed by atoms with Crippen LogP contribution in [-0.4, -0.2) is 36.2 Å². The third-order valence-corrected chi connectivity index (χ3v) is 6.02. The molecule has 0 saturated carbocycles. The smallest absolute Gasteiger partial charge is 0.266 e. The molecule has 0 amide bonds. The van der Waals surface area contributed by atoms with E-state index in [2.05, 4.69) is 4.98 Å². The molecule has 138 valence electrons. The van der Waals surface area contributed by atoms with Crippen molar-refractivity contribution >= 4 is 27.0 Å². The zero-order chi connectivity index (χ0) is 18.6. The van der Waals surface area contributed by atoms with Gasteiger partial charge in [0.1, 0.15) is 0 Å². The zero-order valence-electron chi connectivity index (χ0n) is 14.7. The highest BCUT2D eigenvalue weighted by Crippen LogP contribution is 2.27. The number of para-hydroxylation sites is 2. The van der Waals surface area contributed by atoms with Gasteiger partial charge in [-0.3, -0.25) is 0 Å². The van der Waals surface area contributed by atoms with Crippen LogP contribution in [0.1, 0.15) is 19.8 Å². The van der Waals surface area contributed by atoms with E-state index >= 15 is 0 Å². The number of aromatic nitrogens is 2. The molecule has 0 spiro atoms. The van der Waals surface area contributed by atoms with Gasteiger partial charge in [-0.1, -0.05) is 43.7 Å². The highest BCUT2D eigenvalue weighted by molar-refractivity contribution is 7.92. The predicted molar refractivity (Wildman–Crippen MR) is 103 cm³/mol. The van der Waals surface area contributed by atoms with E-state index < -0.39 is 10.0 Å². The van der Waals surface area contributed by atoms with Gasteiger partial charge in [0, 0.05) is 13.1 Å². The summed E-state index contributed by atoms with van der Waals surface area (Å²) in [5, 5.41) is 9.48. The van der Waals surface area contributed by atoms with Crippen molar-refractivity contribution in [2.24, 2.45) is 0 Å². The number of nitrogens with zero attached hydrogens (tertiary/aromatic N) is 3. The minimum Gasteiger partial charge on any atom is -0.395 e. The minimum atomic E-state index is -3.75. The van der Waals surface area contributed by atoms with Crippen molar-refractivity contribution in [2.45, 2.75) is 31.2 Å². The number of rotatable bonds is 8. The highest BCUT2D eigenvalue weighted by atomic mass is 32.2. The van der Waals surface area contributed by atoms with Crippen molar-refractivity contribution in [1.29, 1.82) is 0 Å². The lowest BCUT2D eigenvalue weighted by Gasteiger charge is -2.24. The summed E-state index contributed by atoms with van der Waals surface area (Å²) in [6.45, 7) is 2.54. The number of unbranched alkanes of at least 4 members (excludes halogenated alkanes) is 1. The van der Waals surface area contributed by atoms with Crippen molar-refractivity contribution in [3.63, 3.8) is 0 Å². The summed E-state index contributed by atoms with van der Waals surface area (Å²) in [4.78, 5) is 4.81. The summed E-state index contributed by atoms with van der Waals surface area (Å²) in [7, 11) is -3.75. The van der Waals surface area contributed by atoms with Crippen molar-refractivity contribution in [1.82, 2.24) is 9.55 Å². The fourth-order valence-electron chi connectivity index (χ4n) is 2.92. The Morgan fingerprint density at radius 1 is 1.08 bits per heavy atom. The van der Waals surface area contributed by atoms with E-state index in [4.69, 9.17) is 0 Å². The Labute approximate surface area is 153 Å². The molecule has 2 aromatic carbocycles. The molecule has 1 N–H and O–H groups in total. The topological polar surface area (TPSA) is 75.4 Å². The first kappa shape index (κ1) is 18.4. The van der Waals surface area contributed by atoms with Gasteiger partial charge in [-0.2, -0.15) is 0 Å². The second kappa shape index (κ2) is 7.88. The van der Waals surface area contributed by atoms with Gasteiger partial charge in [-0.15, -0.1) is 0 Å². The van der Waals surface area contributed by atoms with Gasteiger partial charge < -0.3 is 9.67 Å². The van der Waals surface area contributed by atoms with Crippen LogP contribution in [0.3, 0.4) is 0 Å². The maximum absolute atomic E-state index is 13.3. The maximum atomic E-state index is 13.3. The Morgan fingerprint density at radius 2 is 1.77 bits per heavy atom. The zero-order valence-corrected chi connectivity index (χ0v) is 15.6. The fraction of sp³-hybridized carbons (Fsp3) is 0.316. The number of sulfonamides is 1. The average Bonchev–Trinajstić information content (AvgIpc) is 3.01. The van der Waals surface area contributed by atoms with Crippen LogP contribution >= 0.6 is 0 Å². The molecule has 3 rings (SSSR count). The third-order valence-electron chi connectivity index (χ3n) is 4.23. The van der Waals surface area contributed by atoms with E-state index in [1.165, 1.54) is 4.31 Å². The van der Waals surface area contributed by atoms with E-state index in [9.17, 15) is 13.5 Å². The number of imidazole rings is 1. The summed E-state index contributed by atoms with van der Waals surface area (Å²) in [5.74, 6) is 0.345. The molecule has 0 fully saturated rings. The number of benzene rings is 2. The number of anilines is 1. The second-order valence-electron chi connectivity index (χ2n) is 6.02. The van der Waals surface area contributed by atoms with Gasteiger partial charge in [0.25, 0.3) is 10.0 Å². The van der Waals surface area contributed by atoms with Crippen molar-refractivity contribution in [3.8, 4) is 0 Å². The normalized spacial score (nSPS) is 11.8. The summed E-state index contributed by atoms with van der Waals surface area (Å²) >= 11 is 0. The molecular formula is C19H23N3O3S. The lowest BCUT2D eigenvalue weighted by atomic mass is 10.3. The molecule has 0 saturated heterocycles. The Kier molecular flexibility index (Phi) is 5.58. The molecule has 0 unspecified atom stereocenters. The lowest BCUT2D eigenvalue weighted by molar-refractivity contribution is 0.278. The van der Waals surface area contributed by atoms with Crippen LogP contribution in [0.2, 0.25) is 0 Å². The Balaban J connectivity index is 2.17. The van der Waals surface area contributed by atoms with Gasteiger partial charge in [0.05, 0.1) is 22.5 Å². The van der Waals surface area contributed by atoms with Crippen LogP contribution in [-0.2, 0) is 16.6 Å². The van der Waals surface area contributed by atoms with Gasteiger partial charge in [-0.25, -0.2) is 17.7 Å². The molecule has 0 aliphatic carbocycles. The van der Waals surface area contributed by atoms with Gasteiger partial charge in [0.2, 0.25) is 5.95 Å². The first-order valence-electron chi connectivity index (χ1n) is 8.73.